The van der Waals surface area contributed by atoms with E-state index in [-0.39, 0.29) is 6.04 Å². The van der Waals surface area contributed by atoms with E-state index < -0.39 is 0 Å². The van der Waals surface area contributed by atoms with Crippen molar-refractivity contribution in [2.45, 2.75) is 19.4 Å². The lowest BCUT2D eigenvalue weighted by atomic mass is 10.0. The van der Waals surface area contributed by atoms with Crippen molar-refractivity contribution >= 4 is 11.0 Å². The summed E-state index contributed by atoms with van der Waals surface area (Å²) in [6.07, 6.45) is 2.65. The van der Waals surface area contributed by atoms with E-state index in [2.05, 4.69) is 13.0 Å². The van der Waals surface area contributed by atoms with E-state index in [1.807, 2.05) is 18.2 Å². The Bertz CT molecular complexity index is 405. The molecule has 68 valence electrons. The van der Waals surface area contributed by atoms with Gasteiger partial charge in [0.25, 0.3) is 0 Å². The Balaban J connectivity index is 2.60. The Morgan fingerprint density at radius 1 is 1.38 bits per heavy atom. The maximum Gasteiger partial charge on any atom is 0.134 e. The average Bonchev–Trinajstić information content (AvgIpc) is 2.63. The molecule has 2 aromatic rings. The highest BCUT2D eigenvalue weighted by Gasteiger charge is 2.08. The van der Waals surface area contributed by atoms with Gasteiger partial charge in [0.1, 0.15) is 5.58 Å². The van der Waals surface area contributed by atoms with Gasteiger partial charge in [-0.15, -0.1) is 0 Å². The lowest BCUT2D eigenvalue weighted by Gasteiger charge is -2.09. The van der Waals surface area contributed by atoms with Crippen LogP contribution in [0.4, 0.5) is 0 Å². The minimum absolute atomic E-state index is 0.112. The van der Waals surface area contributed by atoms with Gasteiger partial charge in [0.2, 0.25) is 0 Å². The second kappa shape index (κ2) is 3.23. The molecule has 0 saturated heterocycles. The van der Waals surface area contributed by atoms with Crippen LogP contribution in [0, 0.1) is 0 Å². The zero-order valence-electron chi connectivity index (χ0n) is 7.66. The maximum absolute atomic E-state index is 5.98. The smallest absolute Gasteiger partial charge is 0.134 e. The summed E-state index contributed by atoms with van der Waals surface area (Å²) >= 11 is 0. The summed E-state index contributed by atoms with van der Waals surface area (Å²) in [4.78, 5) is 0. The second-order valence-electron chi connectivity index (χ2n) is 3.19. The van der Waals surface area contributed by atoms with Gasteiger partial charge in [-0.1, -0.05) is 19.1 Å². The zero-order chi connectivity index (χ0) is 9.26. The van der Waals surface area contributed by atoms with Gasteiger partial charge in [0.05, 0.1) is 6.26 Å². The van der Waals surface area contributed by atoms with Crippen LogP contribution in [0.2, 0.25) is 0 Å². The van der Waals surface area contributed by atoms with E-state index in [9.17, 15) is 0 Å². The number of hydrogen-bond acceptors (Lipinski definition) is 2. The first-order chi connectivity index (χ1) is 6.33. The molecule has 0 amide bonds. The largest absolute Gasteiger partial charge is 0.464 e. The number of furan rings is 1. The number of benzene rings is 1. The van der Waals surface area contributed by atoms with E-state index >= 15 is 0 Å². The maximum atomic E-state index is 5.98. The molecule has 0 fully saturated rings. The van der Waals surface area contributed by atoms with Crippen LogP contribution in [0.5, 0.6) is 0 Å². The topological polar surface area (TPSA) is 39.2 Å². The lowest BCUT2D eigenvalue weighted by Crippen LogP contribution is -2.08. The summed E-state index contributed by atoms with van der Waals surface area (Å²) in [7, 11) is 0. The van der Waals surface area contributed by atoms with Crippen LogP contribution in [0.3, 0.4) is 0 Å². The summed E-state index contributed by atoms with van der Waals surface area (Å²) in [5.41, 5.74) is 8.07. The quantitative estimate of drug-likeness (QED) is 0.762. The number of rotatable bonds is 2. The fourth-order valence-corrected chi connectivity index (χ4v) is 1.56. The zero-order valence-corrected chi connectivity index (χ0v) is 7.66. The summed E-state index contributed by atoms with van der Waals surface area (Å²) in [6.45, 7) is 2.09. The van der Waals surface area contributed by atoms with Crippen molar-refractivity contribution in [3.05, 3.63) is 36.1 Å². The minimum Gasteiger partial charge on any atom is -0.464 e. The number of nitrogens with two attached hydrogens (primary N) is 1. The Hall–Kier alpha value is -1.28. The van der Waals surface area contributed by atoms with Gasteiger partial charge < -0.3 is 10.2 Å². The third-order valence-electron chi connectivity index (χ3n) is 2.37. The van der Waals surface area contributed by atoms with Crippen molar-refractivity contribution in [1.29, 1.82) is 0 Å². The van der Waals surface area contributed by atoms with Crippen molar-refractivity contribution in [2.24, 2.45) is 5.73 Å². The molecule has 0 saturated carbocycles. The van der Waals surface area contributed by atoms with Gasteiger partial charge in [0.15, 0.2) is 0 Å². The van der Waals surface area contributed by atoms with E-state index in [4.69, 9.17) is 10.2 Å². The molecule has 1 aromatic carbocycles. The summed E-state index contributed by atoms with van der Waals surface area (Å²) in [5, 5.41) is 1.14. The number of hydrogen-bond donors (Lipinski definition) is 1. The van der Waals surface area contributed by atoms with Crippen molar-refractivity contribution in [2.75, 3.05) is 0 Å². The minimum atomic E-state index is 0.112. The molecule has 0 radical (unpaired) electrons. The molecule has 2 heteroatoms. The summed E-state index contributed by atoms with van der Waals surface area (Å²) in [6, 6.07) is 8.09. The highest BCUT2D eigenvalue weighted by Crippen LogP contribution is 2.25. The molecular formula is C11H13NO. The van der Waals surface area contributed by atoms with Crippen LogP contribution < -0.4 is 5.73 Å². The Morgan fingerprint density at radius 3 is 3.00 bits per heavy atom. The molecule has 0 unspecified atom stereocenters. The van der Waals surface area contributed by atoms with Crippen LogP contribution >= 0.6 is 0 Å². The second-order valence-corrected chi connectivity index (χ2v) is 3.19. The molecule has 2 rings (SSSR count). The normalized spacial score (nSPS) is 13.4. The lowest BCUT2D eigenvalue weighted by molar-refractivity contribution is 0.615. The molecule has 2 N–H and O–H groups in total. The van der Waals surface area contributed by atoms with E-state index in [0.29, 0.717) is 0 Å². The number of fused-ring (bicyclic) bond motifs is 1. The SMILES string of the molecule is CC[C@@H](N)c1cccc2occc12. The first-order valence-electron chi connectivity index (χ1n) is 4.54. The van der Waals surface area contributed by atoms with E-state index in [1.54, 1.807) is 6.26 Å². The van der Waals surface area contributed by atoms with Crippen LogP contribution in [0.25, 0.3) is 11.0 Å². The highest BCUT2D eigenvalue weighted by molar-refractivity contribution is 5.81. The molecule has 0 aliphatic rings. The van der Waals surface area contributed by atoms with Gasteiger partial charge >= 0.3 is 0 Å². The van der Waals surface area contributed by atoms with Gasteiger partial charge in [-0.2, -0.15) is 0 Å². The van der Waals surface area contributed by atoms with Crippen LogP contribution in [0.1, 0.15) is 24.9 Å². The van der Waals surface area contributed by atoms with E-state index in [1.165, 1.54) is 5.56 Å². The van der Waals surface area contributed by atoms with Gasteiger partial charge in [-0.25, -0.2) is 0 Å². The standard InChI is InChI=1S/C11H13NO/c1-2-10(12)8-4-3-5-11-9(8)6-7-13-11/h3-7,10H,2,12H2,1H3/t10-/m1/s1. The predicted octanol–water partition coefficient (Wildman–Crippen LogP) is 2.84. The van der Waals surface area contributed by atoms with Crippen molar-refractivity contribution in [3.8, 4) is 0 Å². The summed E-state index contributed by atoms with van der Waals surface area (Å²) < 4.78 is 5.30. The first kappa shape index (κ1) is 8.32. The fourth-order valence-electron chi connectivity index (χ4n) is 1.56. The van der Waals surface area contributed by atoms with Gasteiger partial charge in [0, 0.05) is 11.4 Å². The Morgan fingerprint density at radius 2 is 2.23 bits per heavy atom. The summed E-state index contributed by atoms with van der Waals surface area (Å²) in [5.74, 6) is 0. The molecule has 0 bridgehead atoms. The Kier molecular flexibility index (Phi) is 2.07. The molecule has 1 aromatic heterocycles. The van der Waals surface area contributed by atoms with Crippen molar-refractivity contribution in [3.63, 3.8) is 0 Å². The van der Waals surface area contributed by atoms with Crippen LogP contribution in [-0.4, -0.2) is 0 Å². The molecule has 0 spiro atoms. The molecular weight excluding hydrogens is 162 g/mol. The monoisotopic (exact) mass is 175 g/mol. The van der Waals surface area contributed by atoms with Crippen molar-refractivity contribution < 1.29 is 4.42 Å². The molecule has 1 heterocycles. The van der Waals surface area contributed by atoms with Crippen LogP contribution in [-0.2, 0) is 0 Å². The van der Waals surface area contributed by atoms with E-state index in [0.717, 1.165) is 17.4 Å². The molecule has 13 heavy (non-hydrogen) atoms. The highest BCUT2D eigenvalue weighted by atomic mass is 16.3. The fraction of sp³-hybridized carbons (Fsp3) is 0.273. The van der Waals surface area contributed by atoms with Crippen molar-refractivity contribution in [1.82, 2.24) is 0 Å². The van der Waals surface area contributed by atoms with Gasteiger partial charge in [-0.3, -0.25) is 0 Å². The molecule has 1 atom stereocenters. The molecule has 2 nitrogen and oxygen atoms in total. The molecule has 0 aliphatic heterocycles. The average molecular weight is 175 g/mol. The predicted molar refractivity (Wildman–Crippen MR) is 53.4 cm³/mol. The van der Waals surface area contributed by atoms with Crippen LogP contribution in [0.15, 0.2) is 34.9 Å². The van der Waals surface area contributed by atoms with Gasteiger partial charge in [-0.05, 0) is 24.1 Å². The first-order valence-corrected chi connectivity index (χ1v) is 4.54. The molecule has 0 aliphatic carbocycles. The Labute approximate surface area is 77.3 Å². The third-order valence-corrected chi connectivity index (χ3v) is 2.37. The third kappa shape index (κ3) is 1.33.